The number of ketones is 1. The standard InChI is InChI=1S/C47H54N10O19P2S4/c1-20-9-24(5-7-27(20)23(4)73-32-14-50-47(65)81-44(32)62)39(59)28-15-56(45(63)55-42(28)60)36-12-31(34(75-36)17-71-77(66,67)68)76-78(69,70)72-16-33-30(58)11-37(74-33)57-35(54-38-40(48)51-19-52-41(38)57)18-79-82-25-6-8-26(21(2)10-25)22(3)53-29-13-49-46(64)80-43(29)61/h5-10,15,19,22-23,29-34,36-37,53,58H,11-14,16-18H2,1-4H3,(H,49,64)(H,50,65)(H,69,70)(H2,48,51,52)(H,55,60,63)(H2,66,67,68)/t22?,23?,29?,30-,31?,32?,33+,34+,36+,37+/m0/s1. The second-order valence-electron chi connectivity index (χ2n) is 19.2. The van der Waals surface area contributed by atoms with E-state index in [1.165, 1.54) is 40.0 Å². The molecule has 4 aliphatic heterocycles. The van der Waals surface area contributed by atoms with Gasteiger partial charge in [0.25, 0.3) is 16.0 Å². The summed E-state index contributed by atoms with van der Waals surface area (Å²) in [7, 11) is -7.53. The number of hydrogen-bond acceptors (Lipinski definition) is 25. The summed E-state index contributed by atoms with van der Waals surface area (Å²) in [4.78, 5) is 134. The number of aryl methyl sites for hydroxylation is 2. The van der Waals surface area contributed by atoms with Gasteiger partial charge in [0.05, 0.1) is 43.8 Å². The number of amides is 2. The van der Waals surface area contributed by atoms with E-state index in [0.29, 0.717) is 40.5 Å². The lowest BCUT2D eigenvalue weighted by Crippen LogP contribution is -2.49. The first kappa shape index (κ1) is 61.4. The summed E-state index contributed by atoms with van der Waals surface area (Å²) >= 11 is 1.14. The molecule has 0 radical (unpaired) electrons. The molecule has 2 amide bonds. The van der Waals surface area contributed by atoms with Crippen molar-refractivity contribution >= 4 is 104 Å². The highest BCUT2D eigenvalue weighted by Gasteiger charge is 2.45. The number of phosphoric acid groups is 2. The Bertz CT molecular complexity index is 3550. The van der Waals surface area contributed by atoms with Gasteiger partial charge < -0.3 is 50.4 Å². The molecule has 4 saturated heterocycles. The van der Waals surface area contributed by atoms with Crippen LogP contribution in [0.15, 0.2) is 63.4 Å². The van der Waals surface area contributed by atoms with Gasteiger partial charge in [0, 0.05) is 65.6 Å². The molecule has 4 aliphatic rings. The molecule has 440 valence electrons. The number of nitrogens with one attached hydrogen (secondary N) is 4. The van der Waals surface area contributed by atoms with Crippen LogP contribution in [0, 0.1) is 13.8 Å². The fourth-order valence-electron chi connectivity index (χ4n) is 9.56. The van der Waals surface area contributed by atoms with Crippen LogP contribution in [-0.2, 0) is 52.3 Å². The third kappa shape index (κ3) is 14.5. The number of rotatable bonds is 22. The molecule has 5 aromatic rings. The maximum Gasteiger partial charge on any atom is 0.472 e. The Balaban J connectivity index is 0.843. The van der Waals surface area contributed by atoms with Crippen molar-refractivity contribution in [2.75, 3.05) is 32.0 Å². The minimum Gasteiger partial charge on any atom is -0.390 e. The molecule has 11 atom stereocenters. The summed E-state index contributed by atoms with van der Waals surface area (Å²) in [6.45, 7) is 5.73. The van der Waals surface area contributed by atoms with Crippen molar-refractivity contribution in [1.29, 1.82) is 0 Å². The molecule has 3 aromatic heterocycles. The van der Waals surface area contributed by atoms with Crippen LogP contribution in [0.2, 0.25) is 0 Å². The summed E-state index contributed by atoms with van der Waals surface area (Å²) in [6.07, 6.45) is -8.19. The first-order valence-electron chi connectivity index (χ1n) is 24.9. The van der Waals surface area contributed by atoms with Crippen LogP contribution in [0.3, 0.4) is 0 Å². The van der Waals surface area contributed by atoms with Gasteiger partial charge >= 0.3 is 21.3 Å². The average molecular weight is 1250 g/mol. The SMILES string of the molecule is Cc1cc(SSCc2nc3c(N)ncnc3n2[C@H]2C[C@H](O)[C@@H](COP(=O)(O)OC3C[C@H](n4cc(C(=O)c5ccc(C(C)OC6CNC(=O)SC6=O)c(C)c5)c(=O)[nH]c4=O)O[C@@H]3COP(=O)(O)O)O2)ccc1C(C)NC1CNC(=O)SC1=O. The van der Waals surface area contributed by atoms with E-state index < -0.39 is 123 Å². The molecule has 0 saturated carbocycles. The molecular formula is C47H54N10O19P2S4. The summed E-state index contributed by atoms with van der Waals surface area (Å²) in [5.74, 6) is -0.0529. The van der Waals surface area contributed by atoms with Gasteiger partial charge in [-0.2, -0.15) is 0 Å². The second-order valence-corrected chi connectivity index (χ2v) is 26.2. The molecule has 6 unspecified atom stereocenters. The monoisotopic (exact) mass is 1250 g/mol. The second kappa shape index (κ2) is 25.6. The Hall–Kier alpha value is -5.16. The van der Waals surface area contributed by atoms with Crippen LogP contribution >= 0.6 is 60.8 Å². The normalized spacial score (nSPS) is 24.8. The fourth-order valence-corrected chi connectivity index (χ4v) is 14.2. The summed E-state index contributed by atoms with van der Waals surface area (Å²) in [5.41, 5.74) is 7.12. The molecule has 35 heteroatoms. The minimum atomic E-state index is -5.22. The maximum atomic E-state index is 13.9. The zero-order chi connectivity index (χ0) is 58.9. The smallest absolute Gasteiger partial charge is 0.390 e. The number of nitrogen functional groups attached to an aromatic ring is 1. The van der Waals surface area contributed by atoms with Crippen molar-refractivity contribution in [2.45, 2.75) is 112 Å². The van der Waals surface area contributed by atoms with Gasteiger partial charge in [-0.25, -0.2) is 28.9 Å². The summed E-state index contributed by atoms with van der Waals surface area (Å²) in [6, 6.07) is 9.59. The summed E-state index contributed by atoms with van der Waals surface area (Å²) < 4.78 is 61.3. The first-order chi connectivity index (χ1) is 38.8. The molecule has 4 fully saturated rings. The largest absolute Gasteiger partial charge is 0.472 e. The predicted octanol–water partition coefficient (Wildman–Crippen LogP) is 3.73. The lowest BCUT2D eigenvalue weighted by atomic mass is 9.97. The van der Waals surface area contributed by atoms with E-state index in [0.717, 1.165) is 26.8 Å². The number of hydrogen-bond donors (Lipinski definition) is 9. The predicted molar refractivity (Wildman–Crippen MR) is 296 cm³/mol. The Morgan fingerprint density at radius 2 is 1.60 bits per heavy atom. The van der Waals surface area contributed by atoms with E-state index in [1.807, 2.05) is 32.0 Å². The molecule has 10 N–H and O–H groups in total. The van der Waals surface area contributed by atoms with Crippen molar-refractivity contribution in [3.63, 3.8) is 0 Å². The highest BCUT2D eigenvalue weighted by Crippen LogP contribution is 2.50. The minimum absolute atomic E-state index is 0.0126. The van der Waals surface area contributed by atoms with E-state index in [-0.39, 0.29) is 64.2 Å². The van der Waals surface area contributed by atoms with Gasteiger partial charge in [-0.1, -0.05) is 39.8 Å². The lowest BCUT2D eigenvalue weighted by Gasteiger charge is -2.26. The fraction of sp³-hybridized carbons (Fsp3) is 0.447. The number of nitrogens with zero attached hydrogens (tertiary/aromatic N) is 5. The molecule has 0 spiro atoms. The number of aliphatic hydroxyl groups is 1. The van der Waals surface area contributed by atoms with E-state index in [9.17, 15) is 62.5 Å². The van der Waals surface area contributed by atoms with Gasteiger partial charge in [0.15, 0.2) is 22.8 Å². The highest BCUT2D eigenvalue weighted by atomic mass is 33.1. The average Bonchev–Trinajstić information content (AvgIpc) is 4.15. The number of fused-ring (bicyclic) bond motifs is 1. The maximum absolute atomic E-state index is 13.9. The van der Waals surface area contributed by atoms with Crippen LogP contribution in [-0.4, -0.2) is 138 Å². The lowest BCUT2D eigenvalue weighted by molar-refractivity contribution is -0.124. The van der Waals surface area contributed by atoms with E-state index >= 15 is 0 Å². The van der Waals surface area contributed by atoms with Crippen molar-refractivity contribution < 1.29 is 80.7 Å². The third-order valence-corrected chi connectivity index (χ3v) is 18.8. The molecule has 7 heterocycles. The number of nitrogens with two attached hydrogens (primary N) is 1. The van der Waals surface area contributed by atoms with Gasteiger partial charge in [-0.3, -0.25) is 61.8 Å². The number of aromatic amines is 1. The highest BCUT2D eigenvalue weighted by molar-refractivity contribution is 8.76. The van der Waals surface area contributed by atoms with Crippen molar-refractivity contribution in [3.05, 3.63) is 109 Å². The number of imidazole rings is 1. The van der Waals surface area contributed by atoms with Gasteiger partial charge in [-0.05, 0) is 68.1 Å². The zero-order valence-electron chi connectivity index (χ0n) is 43.6. The molecule has 29 nitrogen and oxygen atoms in total. The Morgan fingerprint density at radius 3 is 2.30 bits per heavy atom. The summed E-state index contributed by atoms with van der Waals surface area (Å²) in [5, 5.41) is 18.2. The van der Waals surface area contributed by atoms with Crippen molar-refractivity contribution in [3.8, 4) is 0 Å². The number of aliphatic hydroxyl groups excluding tert-OH is 1. The Kier molecular flexibility index (Phi) is 19.2. The molecule has 0 bridgehead atoms. The third-order valence-electron chi connectivity index (χ3n) is 13.5. The number of H-pyrrole nitrogens is 1. The zero-order valence-corrected chi connectivity index (χ0v) is 48.7. The van der Waals surface area contributed by atoms with Crippen LogP contribution < -0.4 is 32.9 Å². The first-order valence-corrected chi connectivity index (χ1v) is 31.9. The van der Waals surface area contributed by atoms with E-state index in [2.05, 4.69) is 35.4 Å². The van der Waals surface area contributed by atoms with Crippen LogP contribution in [0.5, 0.6) is 0 Å². The van der Waals surface area contributed by atoms with Crippen LogP contribution in [0.1, 0.15) is 95.3 Å². The van der Waals surface area contributed by atoms with E-state index in [4.69, 9.17) is 34.0 Å². The number of ether oxygens (including phenoxy) is 3. The van der Waals surface area contributed by atoms with Crippen molar-refractivity contribution in [1.82, 2.24) is 45.0 Å². The Labute approximate surface area is 480 Å². The quantitative estimate of drug-likeness (QED) is 0.0271. The van der Waals surface area contributed by atoms with Gasteiger partial charge in [-0.15, -0.1) is 0 Å². The van der Waals surface area contributed by atoms with Crippen molar-refractivity contribution in [2.24, 2.45) is 0 Å². The molecule has 82 heavy (non-hydrogen) atoms. The van der Waals surface area contributed by atoms with Gasteiger partial charge in [0.2, 0.25) is 10.2 Å². The number of thioether (sulfide) groups is 2. The van der Waals surface area contributed by atoms with Gasteiger partial charge in [0.1, 0.15) is 54.6 Å². The molecular weight excluding hydrogens is 1200 g/mol. The number of carbonyl (C=O) groups excluding carboxylic acids is 5. The topological polar surface area (TPSA) is 416 Å². The number of carbonyl (C=O) groups is 5. The molecule has 0 aliphatic carbocycles. The molecule has 2 aromatic carbocycles. The number of aromatic nitrogens is 6. The Morgan fingerprint density at radius 1 is 0.902 bits per heavy atom. The number of phosphoric ester groups is 2. The van der Waals surface area contributed by atoms with Crippen LogP contribution in [0.25, 0.3) is 11.2 Å². The number of benzene rings is 2. The number of anilines is 1. The van der Waals surface area contributed by atoms with Crippen LogP contribution in [0.4, 0.5) is 15.4 Å². The molecule has 9 rings (SSSR count). The van der Waals surface area contributed by atoms with E-state index in [1.54, 1.807) is 24.5 Å².